The summed E-state index contributed by atoms with van der Waals surface area (Å²) < 4.78 is 0. The van der Waals surface area contributed by atoms with Gasteiger partial charge in [-0.3, -0.25) is 9.59 Å². The number of carbonyl (C=O) groups is 2. The molecule has 3 rings (SSSR count). The van der Waals surface area contributed by atoms with Crippen molar-refractivity contribution in [1.82, 2.24) is 25.1 Å². The molecule has 0 saturated heterocycles. The van der Waals surface area contributed by atoms with E-state index >= 15 is 0 Å². The van der Waals surface area contributed by atoms with E-state index in [0.717, 1.165) is 22.2 Å². The Balaban J connectivity index is 1.68. The lowest BCUT2D eigenvalue weighted by Crippen LogP contribution is -2.27. The molecule has 156 valence electrons. The van der Waals surface area contributed by atoms with Gasteiger partial charge in [-0.15, -0.1) is 10.2 Å². The van der Waals surface area contributed by atoms with Crippen LogP contribution < -0.4 is 5.32 Å². The highest BCUT2D eigenvalue weighted by atomic mass is 35.5. The molecule has 10 heteroatoms. The maximum absolute atomic E-state index is 12.8. The monoisotopic (exact) mass is 444 g/mol. The van der Waals surface area contributed by atoms with E-state index in [1.807, 2.05) is 6.92 Å². The van der Waals surface area contributed by atoms with Gasteiger partial charge in [-0.25, -0.2) is 0 Å². The number of tetrazole rings is 1. The van der Waals surface area contributed by atoms with Gasteiger partial charge in [0.25, 0.3) is 11.1 Å². The maximum atomic E-state index is 12.8. The summed E-state index contributed by atoms with van der Waals surface area (Å²) in [5, 5.41) is 15.9. The molecule has 1 unspecified atom stereocenters. The van der Waals surface area contributed by atoms with Crippen molar-refractivity contribution in [2.75, 3.05) is 19.4 Å². The average Bonchev–Trinajstić information content (AvgIpc) is 3.20. The number of halogens is 1. The fourth-order valence-corrected chi connectivity index (χ4v) is 3.33. The minimum Gasteiger partial charge on any atom is -0.339 e. The molecule has 2 amide bonds. The van der Waals surface area contributed by atoms with Crippen molar-refractivity contribution in [3.8, 4) is 11.4 Å². The largest absolute Gasteiger partial charge is 0.339 e. The van der Waals surface area contributed by atoms with Gasteiger partial charge in [0.15, 0.2) is 6.04 Å². The van der Waals surface area contributed by atoms with E-state index in [1.54, 1.807) is 62.6 Å². The third-order valence-electron chi connectivity index (χ3n) is 4.19. The van der Waals surface area contributed by atoms with E-state index in [4.69, 9.17) is 11.6 Å². The van der Waals surface area contributed by atoms with E-state index in [0.29, 0.717) is 23.0 Å². The molecule has 8 nitrogen and oxygen atoms in total. The lowest BCUT2D eigenvalue weighted by Gasteiger charge is -2.14. The fraction of sp³-hybridized carbons (Fsp3) is 0.250. The van der Waals surface area contributed by atoms with Crippen LogP contribution in [0.1, 0.15) is 19.4 Å². The van der Waals surface area contributed by atoms with Crippen LogP contribution in [0.2, 0.25) is 5.02 Å². The van der Waals surface area contributed by atoms with Crippen LogP contribution in [0.15, 0.2) is 53.4 Å². The standard InChI is InChI=1S/C20H21ClN6O2S/c1-4-17(27-24-18(23-25-27)13-5-7-14(21)8-6-13)19(28)22-15-9-11-16(12-10-15)30-20(29)26(2)3/h5-12,17H,4H2,1-3H3,(H,22,28). The Morgan fingerprint density at radius 2 is 1.80 bits per heavy atom. The highest BCUT2D eigenvalue weighted by molar-refractivity contribution is 8.13. The normalized spacial score (nSPS) is 11.7. The third kappa shape index (κ3) is 5.37. The zero-order chi connectivity index (χ0) is 21.7. The van der Waals surface area contributed by atoms with Crippen molar-refractivity contribution in [3.63, 3.8) is 0 Å². The van der Waals surface area contributed by atoms with Gasteiger partial charge in [-0.1, -0.05) is 18.5 Å². The molecular weight excluding hydrogens is 424 g/mol. The lowest BCUT2D eigenvalue weighted by atomic mass is 10.2. The molecule has 2 aromatic carbocycles. The number of carbonyl (C=O) groups excluding carboxylic acids is 2. The van der Waals surface area contributed by atoms with Gasteiger partial charge in [0, 0.05) is 35.3 Å². The van der Waals surface area contributed by atoms with Crippen molar-refractivity contribution in [2.24, 2.45) is 0 Å². The molecular formula is C20H21ClN6O2S. The highest BCUT2D eigenvalue weighted by Gasteiger charge is 2.22. The number of anilines is 1. The summed E-state index contributed by atoms with van der Waals surface area (Å²) in [6, 6.07) is 13.6. The number of nitrogens with zero attached hydrogens (tertiary/aromatic N) is 5. The Hall–Kier alpha value is -2.91. The van der Waals surface area contributed by atoms with Crippen molar-refractivity contribution < 1.29 is 9.59 Å². The zero-order valence-corrected chi connectivity index (χ0v) is 18.3. The molecule has 0 aliphatic carbocycles. The smallest absolute Gasteiger partial charge is 0.285 e. The van der Waals surface area contributed by atoms with E-state index in [1.165, 1.54) is 9.70 Å². The molecule has 30 heavy (non-hydrogen) atoms. The van der Waals surface area contributed by atoms with Gasteiger partial charge in [0.1, 0.15) is 0 Å². The number of nitrogens with one attached hydrogen (secondary N) is 1. The van der Waals surface area contributed by atoms with Gasteiger partial charge in [-0.2, -0.15) is 4.80 Å². The summed E-state index contributed by atoms with van der Waals surface area (Å²) >= 11 is 7.03. The third-order valence-corrected chi connectivity index (χ3v) is 5.49. The topological polar surface area (TPSA) is 93.0 Å². The molecule has 1 aromatic heterocycles. The number of aromatic nitrogens is 4. The molecule has 1 atom stereocenters. The van der Waals surface area contributed by atoms with Gasteiger partial charge >= 0.3 is 0 Å². The SMILES string of the molecule is CCC(C(=O)Nc1ccc(SC(=O)N(C)C)cc1)n1nnc(-c2ccc(Cl)cc2)n1. The van der Waals surface area contributed by atoms with Crippen molar-refractivity contribution in [2.45, 2.75) is 24.3 Å². The summed E-state index contributed by atoms with van der Waals surface area (Å²) in [5.41, 5.74) is 1.39. The average molecular weight is 445 g/mol. The predicted octanol–water partition coefficient (Wildman–Crippen LogP) is 4.36. The summed E-state index contributed by atoms with van der Waals surface area (Å²) in [6.07, 6.45) is 0.494. The Bertz CT molecular complexity index is 1020. The minimum absolute atomic E-state index is 0.0634. The zero-order valence-electron chi connectivity index (χ0n) is 16.7. The second-order valence-electron chi connectivity index (χ2n) is 6.64. The van der Waals surface area contributed by atoms with Gasteiger partial charge < -0.3 is 10.2 Å². The highest BCUT2D eigenvalue weighted by Crippen LogP contribution is 2.23. The molecule has 3 aromatic rings. The van der Waals surface area contributed by atoms with Gasteiger partial charge in [-0.05, 0) is 71.9 Å². The molecule has 0 saturated carbocycles. The van der Waals surface area contributed by atoms with Crippen LogP contribution >= 0.6 is 23.4 Å². The number of benzene rings is 2. The van der Waals surface area contributed by atoms with E-state index in [9.17, 15) is 9.59 Å². The fourth-order valence-electron chi connectivity index (χ4n) is 2.55. The molecule has 0 spiro atoms. The Morgan fingerprint density at radius 3 is 2.40 bits per heavy atom. The summed E-state index contributed by atoms with van der Waals surface area (Å²) in [5.74, 6) is 0.173. The first-order chi connectivity index (χ1) is 14.4. The Kier molecular flexibility index (Phi) is 7.07. The first-order valence-electron chi connectivity index (χ1n) is 9.23. The van der Waals surface area contributed by atoms with Crippen molar-refractivity contribution >= 4 is 40.2 Å². The predicted molar refractivity (Wildman–Crippen MR) is 118 cm³/mol. The van der Waals surface area contributed by atoms with Crippen LogP contribution in [0.4, 0.5) is 10.5 Å². The first-order valence-corrected chi connectivity index (χ1v) is 10.4. The maximum Gasteiger partial charge on any atom is 0.285 e. The van der Waals surface area contributed by atoms with Crippen LogP contribution in [0, 0.1) is 0 Å². The van der Waals surface area contributed by atoms with Crippen LogP contribution in [0.3, 0.4) is 0 Å². The van der Waals surface area contributed by atoms with Crippen LogP contribution in [-0.2, 0) is 4.79 Å². The Morgan fingerprint density at radius 1 is 1.13 bits per heavy atom. The van der Waals surface area contributed by atoms with Gasteiger partial charge in [0.2, 0.25) is 5.82 Å². The number of amides is 2. The van der Waals surface area contributed by atoms with Crippen LogP contribution in [0.25, 0.3) is 11.4 Å². The second kappa shape index (κ2) is 9.73. The molecule has 1 heterocycles. The first kappa shape index (κ1) is 21.8. The molecule has 0 bridgehead atoms. The van der Waals surface area contributed by atoms with Crippen molar-refractivity contribution in [3.05, 3.63) is 53.6 Å². The number of rotatable bonds is 6. The minimum atomic E-state index is -0.608. The summed E-state index contributed by atoms with van der Waals surface area (Å²) in [6.45, 7) is 1.88. The molecule has 0 radical (unpaired) electrons. The van der Waals surface area contributed by atoms with Crippen LogP contribution in [0.5, 0.6) is 0 Å². The molecule has 1 N–H and O–H groups in total. The van der Waals surface area contributed by atoms with E-state index < -0.39 is 6.04 Å². The van der Waals surface area contributed by atoms with Gasteiger partial charge in [0.05, 0.1) is 0 Å². The Labute approximate surface area is 183 Å². The molecule has 0 aliphatic heterocycles. The summed E-state index contributed by atoms with van der Waals surface area (Å²) in [7, 11) is 3.40. The molecule has 0 aliphatic rings. The number of hydrogen-bond donors (Lipinski definition) is 1. The number of hydrogen-bond acceptors (Lipinski definition) is 6. The lowest BCUT2D eigenvalue weighted by molar-refractivity contribution is -0.119. The van der Waals surface area contributed by atoms with Crippen molar-refractivity contribution in [1.29, 1.82) is 0 Å². The van der Waals surface area contributed by atoms with Crippen LogP contribution in [-0.4, -0.2) is 50.3 Å². The van der Waals surface area contributed by atoms with E-state index in [-0.39, 0.29) is 11.1 Å². The molecule has 0 fully saturated rings. The quantitative estimate of drug-likeness (QED) is 0.568. The van der Waals surface area contributed by atoms with E-state index in [2.05, 4.69) is 20.7 Å². The number of thioether (sulfide) groups is 1. The summed E-state index contributed by atoms with van der Waals surface area (Å²) in [4.78, 5) is 28.2. The second-order valence-corrected chi connectivity index (χ2v) is 8.10.